The Morgan fingerprint density at radius 1 is 0.895 bits per heavy atom. The number of hydrogen-bond acceptors (Lipinski definition) is 6. The van der Waals surface area contributed by atoms with Gasteiger partial charge < -0.3 is 24.4 Å². The van der Waals surface area contributed by atoms with Gasteiger partial charge in [-0.3, -0.25) is 9.59 Å². The van der Waals surface area contributed by atoms with E-state index in [2.05, 4.69) is 25.7 Å². The number of unbranched alkanes of at least 4 members (excludes halogenated alkanes) is 1. The molecule has 1 N–H and O–H groups in total. The molecule has 7 heteroatoms. The fourth-order valence-corrected chi connectivity index (χ4v) is 4.65. The number of amides is 1. The minimum absolute atomic E-state index is 0.103. The fourth-order valence-electron chi connectivity index (χ4n) is 4.65. The summed E-state index contributed by atoms with van der Waals surface area (Å²) in [4.78, 5) is 30.5. The molecule has 1 fully saturated rings. The molecule has 3 rings (SSSR count). The van der Waals surface area contributed by atoms with Crippen LogP contribution < -0.4 is 9.47 Å². The van der Waals surface area contributed by atoms with Crippen molar-refractivity contribution in [2.75, 3.05) is 39.4 Å². The minimum atomic E-state index is -0.697. The van der Waals surface area contributed by atoms with Gasteiger partial charge in [-0.2, -0.15) is 0 Å². The Morgan fingerprint density at radius 2 is 1.61 bits per heavy atom. The van der Waals surface area contributed by atoms with Gasteiger partial charge in [0.1, 0.15) is 17.3 Å². The highest BCUT2D eigenvalue weighted by molar-refractivity contribution is 6.46. The Labute approximate surface area is 227 Å². The van der Waals surface area contributed by atoms with E-state index < -0.39 is 17.7 Å². The van der Waals surface area contributed by atoms with Crippen molar-refractivity contribution in [3.05, 3.63) is 65.2 Å². The second-order valence-corrected chi connectivity index (χ2v) is 9.52. The van der Waals surface area contributed by atoms with Crippen LogP contribution in [0.5, 0.6) is 11.5 Å². The molecule has 1 amide bonds. The van der Waals surface area contributed by atoms with E-state index in [4.69, 9.17) is 9.47 Å². The Bertz CT molecular complexity index is 1090. The molecule has 0 aromatic heterocycles. The van der Waals surface area contributed by atoms with Gasteiger partial charge in [0.2, 0.25) is 0 Å². The lowest BCUT2D eigenvalue weighted by Crippen LogP contribution is -2.33. The average Bonchev–Trinajstić information content (AvgIpc) is 3.19. The normalized spacial score (nSPS) is 16.9. The fraction of sp³-hybridized carbons (Fsp3) is 0.484. The van der Waals surface area contributed by atoms with Gasteiger partial charge in [0.05, 0.1) is 24.8 Å². The lowest BCUT2D eigenvalue weighted by molar-refractivity contribution is -0.140. The first-order valence-corrected chi connectivity index (χ1v) is 13.9. The van der Waals surface area contributed by atoms with Crippen molar-refractivity contribution in [2.24, 2.45) is 0 Å². The number of Topliss-reactive ketones (excluding diaryl/α,β-unsaturated/α-hetero) is 1. The van der Waals surface area contributed by atoms with Crippen molar-refractivity contribution >= 4 is 17.4 Å². The molecule has 0 radical (unpaired) electrons. The number of benzene rings is 2. The predicted molar refractivity (Wildman–Crippen MR) is 150 cm³/mol. The van der Waals surface area contributed by atoms with Crippen LogP contribution in [0.25, 0.3) is 5.76 Å². The van der Waals surface area contributed by atoms with E-state index in [-0.39, 0.29) is 11.3 Å². The first kappa shape index (κ1) is 29.2. The summed E-state index contributed by atoms with van der Waals surface area (Å²) in [5, 5.41) is 11.4. The zero-order chi connectivity index (χ0) is 27.5. The summed E-state index contributed by atoms with van der Waals surface area (Å²) in [6.07, 6.45) is 3.57. The maximum atomic E-state index is 13.4. The van der Waals surface area contributed by atoms with Crippen molar-refractivity contribution in [1.82, 2.24) is 9.80 Å². The van der Waals surface area contributed by atoms with E-state index in [9.17, 15) is 14.7 Å². The largest absolute Gasteiger partial charge is 0.507 e. The van der Waals surface area contributed by atoms with Crippen LogP contribution in [0, 0.1) is 0 Å². The van der Waals surface area contributed by atoms with Crippen LogP contribution in [0.3, 0.4) is 0 Å². The van der Waals surface area contributed by atoms with E-state index >= 15 is 0 Å². The number of ether oxygens (including phenoxy) is 2. The summed E-state index contributed by atoms with van der Waals surface area (Å²) in [6, 6.07) is 13.8. The SMILES string of the molecule is CCCCOc1cccc(C2C(=C(O)c3ccc(OCCC)cc3)C(=O)C(=O)N2CCCN(CC)CC)c1. The Hall–Kier alpha value is -3.32. The Morgan fingerprint density at radius 3 is 2.26 bits per heavy atom. The van der Waals surface area contributed by atoms with E-state index in [1.807, 2.05) is 31.2 Å². The highest BCUT2D eigenvalue weighted by Gasteiger charge is 2.45. The van der Waals surface area contributed by atoms with Gasteiger partial charge in [0.15, 0.2) is 0 Å². The third kappa shape index (κ3) is 7.16. The zero-order valence-electron chi connectivity index (χ0n) is 23.2. The second kappa shape index (κ2) is 14.6. The first-order chi connectivity index (χ1) is 18.4. The molecule has 1 atom stereocenters. The summed E-state index contributed by atoms with van der Waals surface area (Å²) in [7, 11) is 0. The summed E-state index contributed by atoms with van der Waals surface area (Å²) in [5.41, 5.74) is 1.31. The third-order valence-corrected chi connectivity index (χ3v) is 6.85. The molecular weight excluding hydrogens is 480 g/mol. The van der Waals surface area contributed by atoms with Crippen molar-refractivity contribution in [3.8, 4) is 11.5 Å². The van der Waals surface area contributed by atoms with Crippen LogP contribution >= 0.6 is 0 Å². The van der Waals surface area contributed by atoms with Crippen molar-refractivity contribution in [3.63, 3.8) is 0 Å². The molecule has 38 heavy (non-hydrogen) atoms. The number of aliphatic hydroxyl groups is 1. The van der Waals surface area contributed by atoms with Crippen LogP contribution in [0.1, 0.15) is 70.5 Å². The molecular formula is C31H42N2O5. The molecule has 0 saturated carbocycles. The Balaban J connectivity index is 1.99. The standard InChI is InChI=1S/C31H42N2O5/c1-5-9-21-38-26-13-10-12-24(22-26)28-27(29(34)23-14-16-25(17-15-23)37-20-6-2)30(35)31(36)33(28)19-11-18-32(7-3)8-4/h10,12-17,22,28,34H,5-9,11,18-21H2,1-4H3. The van der Waals surface area contributed by atoms with E-state index in [1.165, 1.54) is 0 Å². The zero-order valence-corrected chi connectivity index (χ0v) is 23.2. The van der Waals surface area contributed by atoms with E-state index in [0.29, 0.717) is 36.8 Å². The maximum absolute atomic E-state index is 13.4. The van der Waals surface area contributed by atoms with Crippen molar-refractivity contribution in [1.29, 1.82) is 0 Å². The third-order valence-electron chi connectivity index (χ3n) is 6.85. The number of likely N-dealkylation sites (tertiary alicyclic amines) is 1. The molecule has 7 nitrogen and oxygen atoms in total. The molecule has 0 bridgehead atoms. The maximum Gasteiger partial charge on any atom is 0.295 e. The highest BCUT2D eigenvalue weighted by atomic mass is 16.5. The van der Waals surface area contributed by atoms with Crippen LogP contribution in [-0.2, 0) is 9.59 Å². The molecule has 1 unspecified atom stereocenters. The van der Waals surface area contributed by atoms with Gasteiger partial charge >= 0.3 is 0 Å². The number of carbonyl (C=O) groups is 2. The summed E-state index contributed by atoms with van der Waals surface area (Å²) in [6.45, 7) is 12.6. The number of ketones is 1. The topological polar surface area (TPSA) is 79.3 Å². The molecule has 0 spiro atoms. The van der Waals surface area contributed by atoms with Crippen LogP contribution in [0.2, 0.25) is 0 Å². The molecule has 1 saturated heterocycles. The summed E-state index contributed by atoms with van der Waals surface area (Å²) in [5.74, 6) is -0.0648. The molecule has 1 heterocycles. The molecule has 1 aliphatic rings. The average molecular weight is 523 g/mol. The smallest absolute Gasteiger partial charge is 0.295 e. The number of carbonyl (C=O) groups excluding carboxylic acids is 2. The van der Waals surface area contributed by atoms with Crippen molar-refractivity contribution < 1.29 is 24.2 Å². The number of rotatable bonds is 15. The molecule has 0 aliphatic carbocycles. The monoisotopic (exact) mass is 522 g/mol. The van der Waals surface area contributed by atoms with Gasteiger partial charge in [-0.25, -0.2) is 0 Å². The van der Waals surface area contributed by atoms with Crippen LogP contribution in [0.4, 0.5) is 0 Å². The highest BCUT2D eigenvalue weighted by Crippen LogP contribution is 2.40. The number of hydrogen-bond donors (Lipinski definition) is 1. The molecule has 2 aromatic rings. The van der Waals surface area contributed by atoms with Crippen molar-refractivity contribution in [2.45, 2.75) is 59.4 Å². The van der Waals surface area contributed by atoms with Crippen LogP contribution in [-0.4, -0.2) is 66.0 Å². The minimum Gasteiger partial charge on any atom is -0.507 e. The van der Waals surface area contributed by atoms with Gasteiger partial charge in [-0.15, -0.1) is 0 Å². The van der Waals surface area contributed by atoms with Gasteiger partial charge in [0, 0.05) is 12.1 Å². The summed E-state index contributed by atoms with van der Waals surface area (Å²) < 4.78 is 11.6. The Kier molecular flexibility index (Phi) is 11.2. The van der Waals surface area contributed by atoms with E-state index in [1.54, 1.807) is 29.2 Å². The van der Waals surface area contributed by atoms with Gasteiger partial charge in [-0.05, 0) is 80.9 Å². The quantitative estimate of drug-likeness (QED) is 0.138. The van der Waals surface area contributed by atoms with Crippen LogP contribution in [0.15, 0.2) is 54.1 Å². The lowest BCUT2D eigenvalue weighted by Gasteiger charge is -2.27. The molecule has 206 valence electrons. The molecule has 1 aliphatic heterocycles. The predicted octanol–water partition coefficient (Wildman–Crippen LogP) is 5.81. The van der Waals surface area contributed by atoms with E-state index in [0.717, 1.165) is 50.9 Å². The van der Waals surface area contributed by atoms with Gasteiger partial charge in [0.25, 0.3) is 11.7 Å². The van der Waals surface area contributed by atoms with Gasteiger partial charge in [-0.1, -0.05) is 46.2 Å². The lowest BCUT2D eigenvalue weighted by atomic mass is 9.95. The summed E-state index contributed by atoms with van der Waals surface area (Å²) >= 11 is 0. The first-order valence-electron chi connectivity index (χ1n) is 13.9. The number of nitrogens with zero attached hydrogens (tertiary/aromatic N) is 2. The second-order valence-electron chi connectivity index (χ2n) is 9.52. The molecule has 2 aromatic carbocycles. The number of aliphatic hydroxyl groups excluding tert-OH is 1.